The molecule has 156 valence electrons. The van der Waals surface area contributed by atoms with Gasteiger partial charge in [0.2, 0.25) is 0 Å². The fourth-order valence-electron chi connectivity index (χ4n) is 2.96. The maximum Gasteiger partial charge on any atom is 0.274 e. The lowest BCUT2D eigenvalue weighted by molar-refractivity contribution is 0.101. The Labute approximate surface area is 184 Å². The van der Waals surface area contributed by atoms with Crippen LogP contribution in [0, 0.1) is 0 Å². The van der Waals surface area contributed by atoms with Gasteiger partial charge in [-0.05, 0) is 72.8 Å². The van der Waals surface area contributed by atoms with Gasteiger partial charge in [0, 0.05) is 34.9 Å². The Balaban J connectivity index is 1.39. The SMILES string of the molecule is O=C(c1ccc(NC(=O)c2ccccn2)cc1)c1ccc(NC(=O)c2ccccn2)cc1. The standard InChI is InChI=1S/C25H18N4O3/c30-23(17-7-11-19(12-8-17)28-24(31)21-5-1-3-15-26-21)18-9-13-20(14-10-18)29-25(32)22-6-2-4-16-27-22/h1-16H,(H,28,31)(H,29,32). The van der Waals surface area contributed by atoms with E-state index in [2.05, 4.69) is 20.6 Å². The number of amides is 2. The van der Waals surface area contributed by atoms with Gasteiger partial charge in [0.25, 0.3) is 11.8 Å². The van der Waals surface area contributed by atoms with Crippen molar-refractivity contribution in [2.75, 3.05) is 10.6 Å². The molecule has 32 heavy (non-hydrogen) atoms. The zero-order valence-electron chi connectivity index (χ0n) is 16.9. The number of benzene rings is 2. The first-order valence-electron chi connectivity index (χ1n) is 9.80. The first-order valence-corrected chi connectivity index (χ1v) is 9.80. The number of aromatic nitrogens is 2. The topological polar surface area (TPSA) is 101 Å². The van der Waals surface area contributed by atoms with Crippen molar-refractivity contribution in [1.29, 1.82) is 0 Å². The summed E-state index contributed by atoms with van der Waals surface area (Å²) in [5.41, 5.74) is 2.69. The molecule has 2 aromatic carbocycles. The average Bonchev–Trinajstić information content (AvgIpc) is 2.85. The van der Waals surface area contributed by atoms with E-state index in [9.17, 15) is 14.4 Å². The molecule has 0 unspecified atom stereocenters. The number of carbonyl (C=O) groups excluding carboxylic acids is 3. The second-order valence-electron chi connectivity index (χ2n) is 6.82. The Morgan fingerprint density at radius 3 is 1.28 bits per heavy atom. The van der Waals surface area contributed by atoms with Gasteiger partial charge in [0.05, 0.1) is 0 Å². The first-order chi connectivity index (χ1) is 15.6. The Morgan fingerprint density at radius 2 is 0.938 bits per heavy atom. The highest BCUT2D eigenvalue weighted by molar-refractivity contribution is 6.10. The van der Waals surface area contributed by atoms with Crippen molar-refractivity contribution >= 4 is 29.0 Å². The summed E-state index contributed by atoms with van der Waals surface area (Å²) < 4.78 is 0. The van der Waals surface area contributed by atoms with E-state index in [1.165, 1.54) is 0 Å². The van der Waals surface area contributed by atoms with Gasteiger partial charge in [-0.2, -0.15) is 0 Å². The van der Waals surface area contributed by atoms with Crippen LogP contribution in [-0.2, 0) is 0 Å². The lowest BCUT2D eigenvalue weighted by Gasteiger charge is -2.07. The van der Waals surface area contributed by atoms with Gasteiger partial charge in [-0.25, -0.2) is 0 Å². The second kappa shape index (κ2) is 9.44. The molecule has 7 heteroatoms. The molecule has 4 rings (SSSR count). The molecule has 0 bridgehead atoms. The van der Waals surface area contributed by atoms with Crippen LogP contribution >= 0.6 is 0 Å². The van der Waals surface area contributed by atoms with E-state index in [1.807, 2.05) is 0 Å². The minimum absolute atomic E-state index is 0.171. The van der Waals surface area contributed by atoms with Crippen LogP contribution in [0.2, 0.25) is 0 Å². The zero-order chi connectivity index (χ0) is 22.3. The van der Waals surface area contributed by atoms with Gasteiger partial charge in [-0.1, -0.05) is 12.1 Å². The van der Waals surface area contributed by atoms with E-state index >= 15 is 0 Å². The Kier molecular flexibility index (Phi) is 6.08. The fourth-order valence-corrected chi connectivity index (χ4v) is 2.96. The van der Waals surface area contributed by atoms with E-state index in [0.29, 0.717) is 33.9 Å². The second-order valence-corrected chi connectivity index (χ2v) is 6.82. The third-order valence-corrected chi connectivity index (χ3v) is 4.60. The number of nitrogens with zero attached hydrogens (tertiary/aromatic N) is 2. The number of ketones is 1. The van der Waals surface area contributed by atoms with Gasteiger partial charge in [0.15, 0.2) is 5.78 Å². The number of hydrogen-bond acceptors (Lipinski definition) is 5. The highest BCUT2D eigenvalue weighted by Crippen LogP contribution is 2.17. The van der Waals surface area contributed by atoms with E-state index in [0.717, 1.165) is 0 Å². The molecule has 2 N–H and O–H groups in total. The van der Waals surface area contributed by atoms with Crippen molar-refractivity contribution in [3.05, 3.63) is 120 Å². The smallest absolute Gasteiger partial charge is 0.274 e. The van der Waals surface area contributed by atoms with Crippen LogP contribution in [0.3, 0.4) is 0 Å². The molecule has 2 heterocycles. The van der Waals surface area contributed by atoms with E-state index in [1.54, 1.807) is 97.3 Å². The third-order valence-electron chi connectivity index (χ3n) is 4.60. The summed E-state index contributed by atoms with van der Waals surface area (Å²) >= 11 is 0. The fraction of sp³-hybridized carbons (Fsp3) is 0. The molecule has 0 aliphatic rings. The van der Waals surface area contributed by atoms with Gasteiger partial charge in [-0.3, -0.25) is 24.4 Å². The van der Waals surface area contributed by atoms with Crippen molar-refractivity contribution in [2.45, 2.75) is 0 Å². The Morgan fingerprint density at radius 1 is 0.531 bits per heavy atom. The van der Waals surface area contributed by atoms with Gasteiger partial charge in [0.1, 0.15) is 11.4 Å². The Hall–Kier alpha value is -4.65. The van der Waals surface area contributed by atoms with Crippen LogP contribution in [0.15, 0.2) is 97.3 Å². The Bertz CT molecular complexity index is 1140. The summed E-state index contributed by atoms with van der Waals surface area (Å²) in [6.45, 7) is 0. The molecule has 0 spiro atoms. The van der Waals surface area contributed by atoms with Crippen molar-refractivity contribution < 1.29 is 14.4 Å². The molecule has 4 aromatic rings. The van der Waals surface area contributed by atoms with Crippen molar-refractivity contribution in [2.24, 2.45) is 0 Å². The summed E-state index contributed by atoms with van der Waals surface area (Å²) in [7, 11) is 0. The maximum absolute atomic E-state index is 12.8. The normalized spacial score (nSPS) is 10.2. The van der Waals surface area contributed by atoms with Crippen LogP contribution in [0.4, 0.5) is 11.4 Å². The molecule has 7 nitrogen and oxygen atoms in total. The number of hydrogen-bond donors (Lipinski definition) is 2. The summed E-state index contributed by atoms with van der Waals surface area (Å²) in [6.07, 6.45) is 3.10. The van der Waals surface area contributed by atoms with E-state index in [4.69, 9.17) is 0 Å². The van der Waals surface area contributed by atoms with Gasteiger partial charge >= 0.3 is 0 Å². The highest BCUT2D eigenvalue weighted by atomic mass is 16.2. The molecule has 0 atom stereocenters. The van der Waals surface area contributed by atoms with Crippen LogP contribution < -0.4 is 10.6 Å². The number of rotatable bonds is 6. The molecule has 0 saturated carbocycles. The van der Waals surface area contributed by atoms with Gasteiger partial charge < -0.3 is 10.6 Å². The lowest BCUT2D eigenvalue weighted by Crippen LogP contribution is -2.13. The molecular weight excluding hydrogens is 404 g/mol. The summed E-state index contributed by atoms with van der Waals surface area (Å²) in [5, 5.41) is 5.49. The molecule has 2 amide bonds. The number of pyridine rings is 2. The summed E-state index contributed by atoms with van der Waals surface area (Å²) in [4.78, 5) is 45.1. The molecule has 0 saturated heterocycles. The van der Waals surface area contributed by atoms with Crippen molar-refractivity contribution in [3.63, 3.8) is 0 Å². The summed E-state index contributed by atoms with van der Waals surface area (Å²) in [6, 6.07) is 23.4. The number of nitrogens with one attached hydrogen (secondary N) is 2. The number of carbonyl (C=O) groups is 3. The molecular formula is C25H18N4O3. The minimum atomic E-state index is -0.326. The van der Waals surface area contributed by atoms with Gasteiger partial charge in [-0.15, -0.1) is 0 Å². The molecule has 0 radical (unpaired) electrons. The minimum Gasteiger partial charge on any atom is -0.321 e. The first kappa shape index (κ1) is 20.6. The predicted octanol–water partition coefficient (Wildman–Crippen LogP) is 4.21. The van der Waals surface area contributed by atoms with E-state index in [-0.39, 0.29) is 17.6 Å². The average molecular weight is 422 g/mol. The molecule has 2 aromatic heterocycles. The molecule has 0 fully saturated rings. The number of anilines is 2. The lowest BCUT2D eigenvalue weighted by atomic mass is 10.0. The highest BCUT2D eigenvalue weighted by Gasteiger charge is 2.12. The van der Waals surface area contributed by atoms with Crippen LogP contribution in [0.5, 0.6) is 0 Å². The van der Waals surface area contributed by atoms with Crippen molar-refractivity contribution in [3.8, 4) is 0 Å². The largest absolute Gasteiger partial charge is 0.321 e. The quantitative estimate of drug-likeness (QED) is 0.453. The van der Waals surface area contributed by atoms with Crippen LogP contribution in [0.1, 0.15) is 36.9 Å². The molecule has 0 aliphatic carbocycles. The summed E-state index contributed by atoms with van der Waals surface area (Å²) in [5.74, 6) is -0.823. The van der Waals surface area contributed by atoms with Crippen molar-refractivity contribution in [1.82, 2.24) is 9.97 Å². The zero-order valence-corrected chi connectivity index (χ0v) is 16.9. The predicted molar refractivity (Wildman–Crippen MR) is 121 cm³/mol. The van der Waals surface area contributed by atoms with Crippen LogP contribution in [0.25, 0.3) is 0 Å². The molecule has 0 aliphatic heterocycles. The van der Waals surface area contributed by atoms with E-state index < -0.39 is 0 Å². The third kappa shape index (κ3) is 4.91. The monoisotopic (exact) mass is 422 g/mol. The maximum atomic E-state index is 12.8. The van der Waals surface area contributed by atoms with Crippen LogP contribution in [-0.4, -0.2) is 27.6 Å².